The summed E-state index contributed by atoms with van der Waals surface area (Å²) in [6.45, 7) is -0.631. The van der Waals surface area contributed by atoms with Gasteiger partial charge in [-0.3, -0.25) is 20.9 Å². The molecule has 0 aliphatic heterocycles. The van der Waals surface area contributed by atoms with Crippen LogP contribution in [0.15, 0.2) is 18.2 Å². The molecule has 0 aromatic heterocycles. The van der Waals surface area contributed by atoms with Crippen molar-refractivity contribution in [3.05, 3.63) is 33.9 Å². The second-order valence-corrected chi connectivity index (χ2v) is 4.10. The molecule has 1 rings (SSSR count). The SMILES string of the molecule is NNc1ccc(CN(CCO)CC(F)F)cc1[N+](=O)[O-]. The Morgan fingerprint density at radius 2 is 2.20 bits per heavy atom. The molecule has 0 radical (unpaired) electrons. The third kappa shape index (κ3) is 4.68. The van der Waals surface area contributed by atoms with Gasteiger partial charge in [-0.2, -0.15) is 0 Å². The fourth-order valence-corrected chi connectivity index (χ4v) is 1.78. The molecule has 0 aliphatic rings. The van der Waals surface area contributed by atoms with Crippen LogP contribution in [0.2, 0.25) is 0 Å². The smallest absolute Gasteiger partial charge is 0.293 e. The molecule has 0 spiro atoms. The molecule has 7 nitrogen and oxygen atoms in total. The van der Waals surface area contributed by atoms with Crippen molar-refractivity contribution in [1.82, 2.24) is 4.90 Å². The Morgan fingerprint density at radius 1 is 1.50 bits per heavy atom. The lowest BCUT2D eigenvalue weighted by atomic mass is 10.1. The van der Waals surface area contributed by atoms with Gasteiger partial charge in [0.05, 0.1) is 18.1 Å². The predicted octanol–water partition coefficient (Wildman–Crippen LogP) is 0.940. The molecule has 20 heavy (non-hydrogen) atoms. The maximum atomic E-state index is 12.4. The first-order valence-corrected chi connectivity index (χ1v) is 5.83. The third-order valence-corrected chi connectivity index (χ3v) is 2.63. The number of nitrogens with zero attached hydrogens (tertiary/aromatic N) is 2. The number of nitrogens with two attached hydrogens (primary N) is 1. The maximum absolute atomic E-state index is 12.4. The molecule has 0 bridgehead atoms. The van der Waals surface area contributed by atoms with Crippen molar-refractivity contribution in [2.24, 2.45) is 5.84 Å². The number of alkyl halides is 2. The second kappa shape index (κ2) is 7.68. The van der Waals surface area contributed by atoms with Crippen LogP contribution < -0.4 is 11.3 Å². The maximum Gasteiger partial charge on any atom is 0.293 e. The Labute approximate surface area is 114 Å². The van der Waals surface area contributed by atoms with Crippen LogP contribution in [0.1, 0.15) is 5.56 Å². The molecule has 0 atom stereocenters. The molecule has 0 fully saturated rings. The summed E-state index contributed by atoms with van der Waals surface area (Å²) in [6, 6.07) is 4.23. The van der Waals surface area contributed by atoms with E-state index in [1.54, 1.807) is 6.07 Å². The number of hydrazine groups is 1. The number of hydrogen-bond donors (Lipinski definition) is 3. The fourth-order valence-electron chi connectivity index (χ4n) is 1.78. The highest BCUT2D eigenvalue weighted by atomic mass is 19.3. The first-order valence-electron chi connectivity index (χ1n) is 5.83. The van der Waals surface area contributed by atoms with Crippen LogP contribution in [0.4, 0.5) is 20.2 Å². The Kier molecular flexibility index (Phi) is 6.22. The van der Waals surface area contributed by atoms with Crippen molar-refractivity contribution in [3.8, 4) is 0 Å². The van der Waals surface area contributed by atoms with Crippen LogP contribution in [0.3, 0.4) is 0 Å². The number of nitrogen functional groups attached to an aromatic ring is 1. The van der Waals surface area contributed by atoms with E-state index in [4.69, 9.17) is 10.9 Å². The fraction of sp³-hybridized carbons (Fsp3) is 0.455. The van der Waals surface area contributed by atoms with E-state index in [1.807, 2.05) is 0 Å². The van der Waals surface area contributed by atoms with Gasteiger partial charge in [0.1, 0.15) is 5.69 Å². The van der Waals surface area contributed by atoms with Crippen LogP contribution in [-0.4, -0.2) is 41.1 Å². The van der Waals surface area contributed by atoms with Crippen LogP contribution in [0.25, 0.3) is 0 Å². The lowest BCUT2D eigenvalue weighted by molar-refractivity contribution is -0.384. The van der Waals surface area contributed by atoms with Gasteiger partial charge in [-0.1, -0.05) is 6.07 Å². The monoisotopic (exact) mass is 290 g/mol. The van der Waals surface area contributed by atoms with Crippen LogP contribution in [0, 0.1) is 10.1 Å². The lowest BCUT2D eigenvalue weighted by Gasteiger charge is -2.20. The van der Waals surface area contributed by atoms with Gasteiger partial charge < -0.3 is 10.5 Å². The van der Waals surface area contributed by atoms with Crippen molar-refractivity contribution in [1.29, 1.82) is 0 Å². The first-order chi connectivity index (χ1) is 9.47. The number of anilines is 1. The molecule has 0 heterocycles. The molecule has 1 aromatic carbocycles. The number of nitro benzene ring substituents is 1. The zero-order valence-electron chi connectivity index (χ0n) is 10.6. The van der Waals surface area contributed by atoms with Crippen molar-refractivity contribution >= 4 is 11.4 Å². The van der Waals surface area contributed by atoms with E-state index in [9.17, 15) is 18.9 Å². The highest BCUT2D eigenvalue weighted by Crippen LogP contribution is 2.25. The number of benzene rings is 1. The van der Waals surface area contributed by atoms with E-state index in [1.165, 1.54) is 17.0 Å². The number of nitro groups is 1. The minimum absolute atomic E-state index is 0.0645. The summed E-state index contributed by atoms with van der Waals surface area (Å²) in [5, 5.41) is 19.7. The number of aliphatic hydroxyl groups excluding tert-OH is 1. The van der Waals surface area contributed by atoms with E-state index in [0.29, 0.717) is 5.56 Å². The molecular weight excluding hydrogens is 274 g/mol. The topological polar surface area (TPSA) is 105 Å². The minimum atomic E-state index is -2.54. The third-order valence-electron chi connectivity index (χ3n) is 2.63. The largest absolute Gasteiger partial charge is 0.395 e. The van der Waals surface area contributed by atoms with Crippen molar-refractivity contribution in [2.45, 2.75) is 13.0 Å². The van der Waals surface area contributed by atoms with Gasteiger partial charge in [-0.05, 0) is 11.6 Å². The normalized spacial score (nSPS) is 11.1. The summed E-state index contributed by atoms with van der Waals surface area (Å²) >= 11 is 0. The van der Waals surface area contributed by atoms with Gasteiger partial charge in [-0.15, -0.1) is 0 Å². The summed E-state index contributed by atoms with van der Waals surface area (Å²) < 4.78 is 24.8. The molecule has 0 saturated heterocycles. The summed E-state index contributed by atoms with van der Waals surface area (Å²) in [7, 11) is 0. The molecular formula is C11H16F2N4O3. The molecule has 9 heteroatoms. The number of halogens is 2. The van der Waals surface area contributed by atoms with E-state index >= 15 is 0 Å². The Bertz CT molecular complexity index is 459. The molecule has 0 saturated carbocycles. The number of nitrogens with one attached hydrogen (secondary N) is 1. The summed E-state index contributed by atoms with van der Waals surface area (Å²) in [4.78, 5) is 11.6. The zero-order chi connectivity index (χ0) is 15.1. The number of aliphatic hydroxyl groups is 1. The minimum Gasteiger partial charge on any atom is -0.395 e. The van der Waals surface area contributed by atoms with Gasteiger partial charge in [0.25, 0.3) is 12.1 Å². The van der Waals surface area contributed by atoms with Crippen molar-refractivity contribution < 1.29 is 18.8 Å². The molecule has 112 valence electrons. The summed E-state index contributed by atoms with van der Waals surface area (Å²) in [5.41, 5.74) is 2.60. The van der Waals surface area contributed by atoms with E-state index < -0.39 is 17.9 Å². The molecule has 0 aliphatic carbocycles. The number of rotatable bonds is 8. The summed E-state index contributed by atoms with van der Waals surface area (Å²) in [6.07, 6.45) is -2.54. The van der Waals surface area contributed by atoms with Crippen molar-refractivity contribution in [2.75, 3.05) is 25.1 Å². The van der Waals surface area contributed by atoms with Gasteiger partial charge in [0.15, 0.2) is 0 Å². The summed E-state index contributed by atoms with van der Waals surface area (Å²) in [5.74, 6) is 5.16. The van der Waals surface area contributed by atoms with Gasteiger partial charge in [0, 0.05) is 19.2 Å². The predicted molar refractivity (Wildman–Crippen MR) is 69.3 cm³/mol. The standard InChI is InChI=1S/C11H16F2N4O3/c12-11(13)7-16(3-4-18)6-8-1-2-9(15-14)10(5-8)17(19)20/h1-2,5,11,15,18H,3-4,6-7,14H2. The van der Waals surface area contributed by atoms with Crippen LogP contribution in [-0.2, 0) is 6.54 Å². The Hall–Kier alpha value is -1.84. The molecule has 4 N–H and O–H groups in total. The second-order valence-electron chi connectivity index (χ2n) is 4.10. The zero-order valence-corrected chi connectivity index (χ0v) is 10.6. The number of hydrogen-bond acceptors (Lipinski definition) is 6. The Morgan fingerprint density at radius 3 is 2.70 bits per heavy atom. The van der Waals surface area contributed by atoms with E-state index in [-0.39, 0.29) is 31.1 Å². The van der Waals surface area contributed by atoms with Crippen LogP contribution >= 0.6 is 0 Å². The van der Waals surface area contributed by atoms with Gasteiger partial charge >= 0.3 is 0 Å². The highest BCUT2D eigenvalue weighted by molar-refractivity contribution is 5.61. The van der Waals surface area contributed by atoms with Gasteiger partial charge in [-0.25, -0.2) is 8.78 Å². The van der Waals surface area contributed by atoms with Crippen molar-refractivity contribution in [3.63, 3.8) is 0 Å². The van der Waals surface area contributed by atoms with E-state index in [0.717, 1.165) is 0 Å². The lowest BCUT2D eigenvalue weighted by Crippen LogP contribution is -2.31. The Balaban J connectivity index is 2.89. The molecule has 0 unspecified atom stereocenters. The molecule has 0 amide bonds. The quantitative estimate of drug-likeness (QED) is 0.374. The van der Waals surface area contributed by atoms with Gasteiger partial charge in [0.2, 0.25) is 0 Å². The van der Waals surface area contributed by atoms with E-state index in [2.05, 4.69) is 5.43 Å². The first kappa shape index (κ1) is 16.2. The van der Waals surface area contributed by atoms with Crippen LogP contribution in [0.5, 0.6) is 0 Å². The average molecular weight is 290 g/mol. The highest BCUT2D eigenvalue weighted by Gasteiger charge is 2.17. The average Bonchev–Trinajstić information content (AvgIpc) is 2.38. The molecule has 1 aromatic rings.